The quantitative estimate of drug-likeness (QED) is 0.779. The van der Waals surface area contributed by atoms with Crippen molar-refractivity contribution in [1.29, 1.82) is 0 Å². The molecule has 1 N–H and O–H groups in total. The number of pyridine rings is 1. The van der Waals surface area contributed by atoms with E-state index >= 15 is 0 Å². The zero-order valence-corrected chi connectivity index (χ0v) is 8.01. The molecule has 0 aromatic carbocycles. The Morgan fingerprint density at radius 1 is 1.50 bits per heavy atom. The lowest BCUT2D eigenvalue weighted by molar-refractivity contribution is -0.141. The maximum Gasteiger partial charge on any atom is 0.433 e. The van der Waals surface area contributed by atoms with Crippen LogP contribution in [0.25, 0.3) is 0 Å². The summed E-state index contributed by atoms with van der Waals surface area (Å²) in [6.45, 7) is 0.0137. The summed E-state index contributed by atoms with van der Waals surface area (Å²) in [6, 6.07) is 1.78. The molecule has 1 amide bonds. The minimum atomic E-state index is -4.51. The summed E-state index contributed by atoms with van der Waals surface area (Å²) in [7, 11) is 0. The number of alkyl halides is 3. The Hall–Kier alpha value is -2.03. The molecule has 0 aliphatic heterocycles. The van der Waals surface area contributed by atoms with Gasteiger partial charge in [0, 0.05) is 6.20 Å². The molecule has 0 aliphatic carbocycles. The number of halogens is 3. The topological polar surface area (TPSA) is 42.0 Å². The largest absolute Gasteiger partial charge is 0.433 e. The summed E-state index contributed by atoms with van der Waals surface area (Å²) >= 11 is 0. The van der Waals surface area contributed by atoms with Gasteiger partial charge in [0.05, 0.1) is 12.1 Å². The third-order valence-corrected chi connectivity index (χ3v) is 1.67. The average molecular weight is 228 g/mol. The molecule has 0 fully saturated rings. The standard InChI is InChI=1S/C10H7F3N2O/c1-2-5-14-9(16)7-3-4-8(15-6-7)10(11,12)13/h1,3-4,6H,5H2,(H,14,16). The van der Waals surface area contributed by atoms with E-state index in [-0.39, 0.29) is 12.1 Å². The summed E-state index contributed by atoms with van der Waals surface area (Å²) in [5.41, 5.74) is -1.01. The van der Waals surface area contributed by atoms with Crippen molar-refractivity contribution in [1.82, 2.24) is 10.3 Å². The molecular weight excluding hydrogens is 221 g/mol. The van der Waals surface area contributed by atoms with E-state index < -0.39 is 17.8 Å². The van der Waals surface area contributed by atoms with Crippen LogP contribution in [0, 0.1) is 12.3 Å². The fourth-order valence-electron chi connectivity index (χ4n) is 0.929. The predicted octanol–water partition coefficient (Wildman–Crippen LogP) is 1.46. The van der Waals surface area contributed by atoms with Gasteiger partial charge in [0.2, 0.25) is 0 Å². The molecule has 0 atom stereocenters. The van der Waals surface area contributed by atoms with E-state index in [1.54, 1.807) is 0 Å². The monoisotopic (exact) mass is 228 g/mol. The van der Waals surface area contributed by atoms with Crippen molar-refractivity contribution in [3.63, 3.8) is 0 Å². The predicted molar refractivity (Wildman–Crippen MR) is 50.4 cm³/mol. The average Bonchev–Trinajstić information content (AvgIpc) is 2.25. The normalized spacial score (nSPS) is 10.6. The van der Waals surface area contributed by atoms with Crippen LogP contribution in [0.2, 0.25) is 0 Å². The van der Waals surface area contributed by atoms with Gasteiger partial charge in [-0.3, -0.25) is 9.78 Å². The fourth-order valence-corrected chi connectivity index (χ4v) is 0.929. The van der Waals surface area contributed by atoms with E-state index in [4.69, 9.17) is 6.42 Å². The molecule has 0 spiro atoms. The van der Waals surface area contributed by atoms with E-state index in [1.165, 1.54) is 0 Å². The molecule has 0 saturated heterocycles. The second-order valence-electron chi connectivity index (χ2n) is 2.82. The smallest absolute Gasteiger partial charge is 0.341 e. The number of amides is 1. The summed E-state index contributed by atoms with van der Waals surface area (Å²) < 4.78 is 36.4. The number of carbonyl (C=O) groups excluding carboxylic acids is 1. The van der Waals surface area contributed by atoms with E-state index in [2.05, 4.69) is 16.2 Å². The number of hydrogen-bond donors (Lipinski definition) is 1. The molecule has 3 nitrogen and oxygen atoms in total. The lowest BCUT2D eigenvalue weighted by Gasteiger charge is -2.06. The summed E-state index contributed by atoms with van der Waals surface area (Å²) in [6.07, 6.45) is 1.26. The molecule has 0 aliphatic rings. The first-order valence-corrected chi connectivity index (χ1v) is 4.20. The second-order valence-corrected chi connectivity index (χ2v) is 2.82. The van der Waals surface area contributed by atoms with Crippen molar-refractivity contribution in [2.75, 3.05) is 6.54 Å². The zero-order chi connectivity index (χ0) is 12.2. The van der Waals surface area contributed by atoms with Crippen molar-refractivity contribution in [2.45, 2.75) is 6.18 Å². The molecule has 16 heavy (non-hydrogen) atoms. The van der Waals surface area contributed by atoms with E-state index in [9.17, 15) is 18.0 Å². The van der Waals surface area contributed by atoms with Gasteiger partial charge in [-0.2, -0.15) is 13.2 Å². The molecule has 0 bridgehead atoms. The number of nitrogens with zero attached hydrogens (tertiary/aromatic N) is 1. The number of rotatable bonds is 2. The van der Waals surface area contributed by atoms with Crippen molar-refractivity contribution < 1.29 is 18.0 Å². The van der Waals surface area contributed by atoms with Crippen LogP contribution in [0.15, 0.2) is 18.3 Å². The number of aromatic nitrogens is 1. The van der Waals surface area contributed by atoms with Crippen LogP contribution in [0.5, 0.6) is 0 Å². The minimum absolute atomic E-state index is 0.0137. The van der Waals surface area contributed by atoms with Gasteiger partial charge in [-0.1, -0.05) is 5.92 Å². The third kappa shape index (κ3) is 2.98. The molecular formula is C10H7F3N2O. The molecule has 0 saturated carbocycles. The zero-order valence-electron chi connectivity index (χ0n) is 8.01. The molecule has 1 rings (SSSR count). The maximum absolute atomic E-state index is 12.1. The van der Waals surface area contributed by atoms with Crippen LogP contribution in [-0.4, -0.2) is 17.4 Å². The SMILES string of the molecule is C#CCNC(=O)c1ccc(C(F)(F)F)nc1. The third-order valence-electron chi connectivity index (χ3n) is 1.67. The minimum Gasteiger partial charge on any atom is -0.341 e. The van der Waals surface area contributed by atoms with Crippen molar-refractivity contribution >= 4 is 5.91 Å². The van der Waals surface area contributed by atoms with Gasteiger partial charge in [-0.25, -0.2) is 0 Å². The first-order valence-electron chi connectivity index (χ1n) is 4.20. The number of carbonyl (C=O) groups is 1. The van der Waals surface area contributed by atoms with Gasteiger partial charge in [0.25, 0.3) is 5.91 Å². The van der Waals surface area contributed by atoms with E-state index in [1.807, 2.05) is 0 Å². The van der Waals surface area contributed by atoms with Crippen LogP contribution >= 0.6 is 0 Å². The maximum atomic E-state index is 12.1. The first kappa shape index (κ1) is 12.0. The summed E-state index contributed by atoms with van der Waals surface area (Å²) in [4.78, 5) is 14.4. The highest BCUT2D eigenvalue weighted by Crippen LogP contribution is 2.27. The van der Waals surface area contributed by atoms with Crippen LogP contribution in [0.4, 0.5) is 13.2 Å². The molecule has 0 unspecified atom stereocenters. The van der Waals surface area contributed by atoms with Crippen LogP contribution in [0.3, 0.4) is 0 Å². The Kier molecular flexibility index (Phi) is 3.51. The van der Waals surface area contributed by atoms with Gasteiger partial charge < -0.3 is 5.32 Å². The number of nitrogens with one attached hydrogen (secondary N) is 1. The van der Waals surface area contributed by atoms with Crippen LogP contribution in [-0.2, 0) is 6.18 Å². The number of terminal acetylenes is 1. The van der Waals surface area contributed by atoms with Crippen molar-refractivity contribution in [2.24, 2.45) is 0 Å². The highest BCUT2D eigenvalue weighted by Gasteiger charge is 2.32. The molecule has 1 heterocycles. The van der Waals surface area contributed by atoms with Gasteiger partial charge in [-0.05, 0) is 12.1 Å². The Balaban J connectivity index is 2.80. The summed E-state index contributed by atoms with van der Waals surface area (Å²) in [5, 5.41) is 2.31. The van der Waals surface area contributed by atoms with E-state index in [0.717, 1.165) is 18.3 Å². The van der Waals surface area contributed by atoms with Gasteiger partial charge in [-0.15, -0.1) is 6.42 Å². The lowest BCUT2D eigenvalue weighted by atomic mass is 10.2. The second kappa shape index (κ2) is 4.66. The Morgan fingerprint density at radius 3 is 2.62 bits per heavy atom. The Bertz CT molecular complexity index is 417. The van der Waals surface area contributed by atoms with Crippen LogP contribution in [0.1, 0.15) is 16.1 Å². The first-order chi connectivity index (χ1) is 7.45. The molecule has 1 aromatic heterocycles. The number of hydrogen-bond acceptors (Lipinski definition) is 2. The van der Waals surface area contributed by atoms with Gasteiger partial charge in [0.1, 0.15) is 5.69 Å². The fraction of sp³-hybridized carbons (Fsp3) is 0.200. The summed E-state index contributed by atoms with van der Waals surface area (Å²) in [5.74, 6) is 1.62. The lowest BCUT2D eigenvalue weighted by Crippen LogP contribution is -2.23. The highest BCUT2D eigenvalue weighted by molar-refractivity contribution is 5.93. The van der Waals surface area contributed by atoms with Gasteiger partial charge >= 0.3 is 6.18 Å². The Morgan fingerprint density at radius 2 is 2.19 bits per heavy atom. The highest BCUT2D eigenvalue weighted by atomic mass is 19.4. The molecule has 1 aromatic rings. The molecule has 84 valence electrons. The van der Waals surface area contributed by atoms with Crippen molar-refractivity contribution in [3.8, 4) is 12.3 Å². The molecule has 0 radical (unpaired) electrons. The molecule has 6 heteroatoms. The van der Waals surface area contributed by atoms with Crippen molar-refractivity contribution in [3.05, 3.63) is 29.6 Å². The Labute approximate surface area is 89.7 Å². The van der Waals surface area contributed by atoms with E-state index in [0.29, 0.717) is 0 Å². The van der Waals surface area contributed by atoms with Crippen LogP contribution < -0.4 is 5.32 Å². The van der Waals surface area contributed by atoms with Gasteiger partial charge in [0.15, 0.2) is 0 Å².